The number of carbonyl (C=O) groups is 1. The number of aryl methyl sites for hydroxylation is 1. The molecule has 0 atom stereocenters. The predicted octanol–water partition coefficient (Wildman–Crippen LogP) is 4.68. The zero-order valence-corrected chi connectivity index (χ0v) is 15.5. The van der Waals surface area contributed by atoms with E-state index in [1.54, 1.807) is 25.5 Å². The zero-order chi connectivity index (χ0) is 17.8. The van der Waals surface area contributed by atoms with E-state index in [0.29, 0.717) is 11.3 Å². The summed E-state index contributed by atoms with van der Waals surface area (Å²) >= 11 is 3.43. The van der Waals surface area contributed by atoms with Gasteiger partial charge < -0.3 is 4.74 Å². The second kappa shape index (κ2) is 7.49. The molecule has 0 aromatic heterocycles. The lowest BCUT2D eigenvalue weighted by Gasteiger charge is -2.08. The van der Waals surface area contributed by atoms with Crippen LogP contribution in [0.15, 0.2) is 64.2 Å². The van der Waals surface area contributed by atoms with E-state index in [0.717, 1.165) is 26.4 Å². The standard InChI is InChI=1S/C20H17BrN2O2/c1-13-7-8-15(11-18(13)21)20(24)23-22-12-17-16-6-4-3-5-14(16)9-10-19(17)25-2/h3-12H,1-2H3,(H,23,24)/b22-12+. The molecule has 0 unspecified atom stereocenters. The van der Waals surface area contributed by atoms with Crippen LogP contribution >= 0.6 is 15.9 Å². The van der Waals surface area contributed by atoms with Crippen molar-refractivity contribution in [2.24, 2.45) is 5.10 Å². The van der Waals surface area contributed by atoms with Crippen LogP contribution in [-0.4, -0.2) is 19.2 Å². The molecule has 0 saturated carbocycles. The number of hydrogen-bond acceptors (Lipinski definition) is 3. The smallest absolute Gasteiger partial charge is 0.271 e. The minimum Gasteiger partial charge on any atom is -0.496 e. The van der Waals surface area contributed by atoms with Gasteiger partial charge >= 0.3 is 0 Å². The second-order valence-electron chi connectivity index (χ2n) is 5.57. The van der Waals surface area contributed by atoms with Gasteiger partial charge in [-0.1, -0.05) is 52.3 Å². The van der Waals surface area contributed by atoms with Crippen LogP contribution in [-0.2, 0) is 0 Å². The summed E-state index contributed by atoms with van der Waals surface area (Å²) in [7, 11) is 1.61. The molecule has 0 aliphatic rings. The number of amides is 1. The molecule has 0 radical (unpaired) electrons. The highest BCUT2D eigenvalue weighted by Crippen LogP contribution is 2.26. The molecule has 0 aliphatic carbocycles. The summed E-state index contributed by atoms with van der Waals surface area (Å²) in [5.74, 6) is 0.436. The van der Waals surface area contributed by atoms with E-state index in [2.05, 4.69) is 26.5 Å². The summed E-state index contributed by atoms with van der Waals surface area (Å²) in [6, 6.07) is 17.3. The number of fused-ring (bicyclic) bond motifs is 1. The molecule has 0 saturated heterocycles. The largest absolute Gasteiger partial charge is 0.496 e. The van der Waals surface area contributed by atoms with Gasteiger partial charge in [-0.25, -0.2) is 5.43 Å². The summed E-state index contributed by atoms with van der Waals surface area (Å²) in [5, 5.41) is 6.20. The van der Waals surface area contributed by atoms with Crippen molar-refractivity contribution in [3.8, 4) is 5.75 Å². The maximum atomic E-state index is 12.2. The van der Waals surface area contributed by atoms with Gasteiger partial charge in [-0.15, -0.1) is 0 Å². The highest BCUT2D eigenvalue weighted by Gasteiger charge is 2.08. The lowest BCUT2D eigenvalue weighted by Crippen LogP contribution is -2.17. The van der Waals surface area contributed by atoms with Crippen molar-refractivity contribution >= 4 is 38.8 Å². The van der Waals surface area contributed by atoms with Crippen molar-refractivity contribution in [2.75, 3.05) is 7.11 Å². The van der Waals surface area contributed by atoms with E-state index in [9.17, 15) is 4.79 Å². The number of hydrazone groups is 1. The van der Waals surface area contributed by atoms with Crippen LogP contribution in [0.3, 0.4) is 0 Å². The molecule has 0 aliphatic heterocycles. The Morgan fingerprint density at radius 2 is 1.96 bits per heavy atom. The number of carbonyl (C=O) groups excluding carboxylic acids is 1. The van der Waals surface area contributed by atoms with Crippen LogP contribution in [0, 0.1) is 6.92 Å². The van der Waals surface area contributed by atoms with Crippen LogP contribution in [0.4, 0.5) is 0 Å². The fourth-order valence-electron chi connectivity index (χ4n) is 2.54. The average Bonchev–Trinajstić information content (AvgIpc) is 2.63. The minimum absolute atomic E-state index is 0.267. The van der Waals surface area contributed by atoms with Crippen molar-refractivity contribution in [1.29, 1.82) is 0 Å². The maximum absolute atomic E-state index is 12.2. The third kappa shape index (κ3) is 3.72. The molecule has 1 amide bonds. The monoisotopic (exact) mass is 396 g/mol. The van der Waals surface area contributed by atoms with E-state index >= 15 is 0 Å². The van der Waals surface area contributed by atoms with E-state index in [4.69, 9.17) is 4.74 Å². The van der Waals surface area contributed by atoms with Gasteiger partial charge in [0, 0.05) is 15.6 Å². The van der Waals surface area contributed by atoms with Gasteiger partial charge in [0.15, 0.2) is 0 Å². The molecule has 0 bridgehead atoms. The SMILES string of the molecule is COc1ccc2ccccc2c1/C=N/NC(=O)c1ccc(C)c(Br)c1. The summed E-state index contributed by atoms with van der Waals surface area (Å²) in [5.41, 5.74) is 5.00. The molecule has 3 aromatic rings. The van der Waals surface area contributed by atoms with Crippen LogP contribution < -0.4 is 10.2 Å². The second-order valence-corrected chi connectivity index (χ2v) is 6.42. The number of nitrogens with one attached hydrogen (secondary N) is 1. The van der Waals surface area contributed by atoms with Crippen molar-refractivity contribution < 1.29 is 9.53 Å². The average molecular weight is 397 g/mol. The number of hydrogen-bond donors (Lipinski definition) is 1. The van der Waals surface area contributed by atoms with Gasteiger partial charge in [0.05, 0.1) is 13.3 Å². The molecular weight excluding hydrogens is 380 g/mol. The van der Waals surface area contributed by atoms with Crippen LogP contribution in [0.25, 0.3) is 10.8 Å². The molecule has 0 fully saturated rings. The number of nitrogens with zero attached hydrogens (tertiary/aromatic N) is 1. The fraction of sp³-hybridized carbons (Fsp3) is 0.100. The Bertz CT molecular complexity index is 967. The molecule has 4 nitrogen and oxygen atoms in total. The van der Waals surface area contributed by atoms with Crippen LogP contribution in [0.5, 0.6) is 5.75 Å². The molecule has 3 rings (SSSR count). The summed E-state index contributed by atoms with van der Waals surface area (Å²) in [6.45, 7) is 1.97. The normalized spacial score (nSPS) is 11.0. The number of halogens is 1. The van der Waals surface area contributed by atoms with E-state index in [1.165, 1.54) is 0 Å². The van der Waals surface area contributed by atoms with Crippen molar-refractivity contribution in [3.05, 3.63) is 75.8 Å². The minimum atomic E-state index is -0.267. The van der Waals surface area contributed by atoms with E-state index in [1.807, 2.05) is 49.4 Å². The summed E-state index contributed by atoms with van der Waals surface area (Å²) < 4.78 is 6.30. The molecule has 126 valence electrons. The maximum Gasteiger partial charge on any atom is 0.271 e. The quantitative estimate of drug-likeness (QED) is 0.513. The first-order valence-corrected chi connectivity index (χ1v) is 8.55. The predicted molar refractivity (Wildman–Crippen MR) is 104 cm³/mol. The first-order valence-electron chi connectivity index (χ1n) is 7.75. The topological polar surface area (TPSA) is 50.7 Å². The molecule has 3 aromatic carbocycles. The summed E-state index contributed by atoms with van der Waals surface area (Å²) in [6.07, 6.45) is 1.61. The lowest BCUT2D eigenvalue weighted by atomic mass is 10.0. The van der Waals surface area contributed by atoms with Gasteiger partial charge in [-0.05, 0) is 41.5 Å². The first-order chi connectivity index (χ1) is 12.1. The molecule has 25 heavy (non-hydrogen) atoms. The van der Waals surface area contributed by atoms with Gasteiger partial charge in [-0.2, -0.15) is 5.10 Å². The number of methoxy groups -OCH3 is 1. The zero-order valence-electron chi connectivity index (χ0n) is 13.9. The first kappa shape index (κ1) is 17.2. The third-order valence-electron chi connectivity index (χ3n) is 3.94. The van der Waals surface area contributed by atoms with Crippen LogP contribution in [0.1, 0.15) is 21.5 Å². The Hall–Kier alpha value is -2.66. The number of benzene rings is 3. The van der Waals surface area contributed by atoms with Gasteiger partial charge in [-0.3, -0.25) is 4.79 Å². The Balaban J connectivity index is 1.85. The van der Waals surface area contributed by atoms with Crippen molar-refractivity contribution in [2.45, 2.75) is 6.92 Å². The Morgan fingerprint density at radius 1 is 1.16 bits per heavy atom. The van der Waals surface area contributed by atoms with Gasteiger partial charge in [0.25, 0.3) is 5.91 Å². The third-order valence-corrected chi connectivity index (χ3v) is 4.80. The molecule has 5 heteroatoms. The Morgan fingerprint density at radius 3 is 2.72 bits per heavy atom. The van der Waals surface area contributed by atoms with Crippen molar-refractivity contribution in [3.63, 3.8) is 0 Å². The fourth-order valence-corrected chi connectivity index (χ4v) is 2.92. The highest BCUT2D eigenvalue weighted by molar-refractivity contribution is 9.10. The van der Waals surface area contributed by atoms with Gasteiger partial charge in [0.2, 0.25) is 0 Å². The highest BCUT2D eigenvalue weighted by atomic mass is 79.9. The molecule has 1 N–H and O–H groups in total. The van der Waals surface area contributed by atoms with Crippen LogP contribution in [0.2, 0.25) is 0 Å². The molecule has 0 spiro atoms. The van der Waals surface area contributed by atoms with Gasteiger partial charge in [0.1, 0.15) is 5.75 Å². The van der Waals surface area contributed by atoms with E-state index in [-0.39, 0.29) is 5.91 Å². The summed E-state index contributed by atoms with van der Waals surface area (Å²) in [4.78, 5) is 12.2. The lowest BCUT2D eigenvalue weighted by molar-refractivity contribution is 0.0955. The molecule has 0 heterocycles. The Labute approximate surface area is 154 Å². The Kier molecular flexibility index (Phi) is 5.14. The number of rotatable bonds is 4. The van der Waals surface area contributed by atoms with E-state index < -0.39 is 0 Å². The van der Waals surface area contributed by atoms with Crippen molar-refractivity contribution in [1.82, 2.24) is 5.43 Å². The number of ether oxygens (including phenoxy) is 1. The molecular formula is C20H17BrN2O2.